The van der Waals surface area contributed by atoms with Crippen LogP contribution in [0.25, 0.3) is 0 Å². The molecule has 0 spiro atoms. The van der Waals surface area contributed by atoms with Gasteiger partial charge in [0.25, 0.3) is 0 Å². The van der Waals surface area contributed by atoms with Crippen molar-refractivity contribution >= 4 is 57.3 Å². The van der Waals surface area contributed by atoms with Crippen LogP contribution in [-0.4, -0.2) is 16.6 Å². The summed E-state index contributed by atoms with van der Waals surface area (Å²) in [5.41, 5.74) is 1.40. The zero-order valence-corrected chi connectivity index (χ0v) is 14.7. The maximum absolute atomic E-state index is 12.1. The Labute approximate surface area is 146 Å². The number of hydrogen-bond donors (Lipinski definition) is 1. The minimum Gasteiger partial charge on any atom is -0.302 e. The van der Waals surface area contributed by atoms with Crippen LogP contribution in [0.15, 0.2) is 22.4 Å². The van der Waals surface area contributed by atoms with E-state index in [1.165, 1.54) is 23.1 Å². The Kier molecular flexibility index (Phi) is 6.09. The summed E-state index contributed by atoms with van der Waals surface area (Å²) in [6.45, 7) is 1.84. The molecule has 2 aromatic rings. The minimum atomic E-state index is -0.236. The van der Waals surface area contributed by atoms with Crippen LogP contribution in [0.5, 0.6) is 0 Å². The van der Waals surface area contributed by atoms with E-state index in [9.17, 15) is 4.79 Å². The number of nitriles is 1. The van der Waals surface area contributed by atoms with Crippen LogP contribution in [0.2, 0.25) is 10.0 Å². The summed E-state index contributed by atoms with van der Waals surface area (Å²) in [7, 11) is 0. The van der Waals surface area contributed by atoms with Crippen molar-refractivity contribution in [3.05, 3.63) is 39.5 Å². The number of aryl methyl sites for hydroxylation is 1. The van der Waals surface area contributed by atoms with Crippen LogP contribution < -0.4 is 5.32 Å². The molecule has 2 rings (SSSR count). The lowest BCUT2D eigenvalue weighted by atomic mass is 10.1. The smallest absolute Gasteiger partial charge is 0.230 e. The Morgan fingerprint density at radius 3 is 2.77 bits per heavy atom. The van der Waals surface area contributed by atoms with E-state index in [0.717, 1.165) is 9.90 Å². The minimum absolute atomic E-state index is 0.0812. The highest BCUT2D eigenvalue weighted by Gasteiger charge is 2.14. The average molecular weight is 372 g/mol. The predicted molar refractivity (Wildman–Crippen MR) is 92.0 cm³/mol. The van der Waals surface area contributed by atoms with Gasteiger partial charge in [-0.05, 0) is 24.6 Å². The van der Waals surface area contributed by atoms with Crippen molar-refractivity contribution in [1.82, 2.24) is 4.98 Å². The van der Waals surface area contributed by atoms with E-state index < -0.39 is 0 Å². The number of hydrogen-bond acceptors (Lipinski definition) is 5. The van der Waals surface area contributed by atoms with Crippen molar-refractivity contribution in [2.24, 2.45) is 0 Å². The van der Waals surface area contributed by atoms with E-state index >= 15 is 0 Å². The first-order valence-corrected chi connectivity index (χ1v) is 8.77. The van der Waals surface area contributed by atoms with E-state index in [-0.39, 0.29) is 12.3 Å². The SMILES string of the molecule is Cc1nc(NC(=O)Cc2c(Cl)cccc2Cl)sc1SCC#N. The molecule has 1 heterocycles. The van der Waals surface area contributed by atoms with Crippen molar-refractivity contribution < 1.29 is 4.79 Å². The molecule has 8 heteroatoms. The lowest BCUT2D eigenvalue weighted by molar-refractivity contribution is -0.115. The van der Waals surface area contributed by atoms with Gasteiger partial charge in [0.05, 0.1) is 28.1 Å². The van der Waals surface area contributed by atoms with E-state index in [1.54, 1.807) is 18.2 Å². The number of rotatable bonds is 5. The monoisotopic (exact) mass is 371 g/mol. The Bertz CT molecular complexity index is 720. The molecule has 1 N–H and O–H groups in total. The molecular formula is C14H11Cl2N3OS2. The number of halogens is 2. The summed E-state index contributed by atoms with van der Waals surface area (Å²) >= 11 is 14.9. The highest BCUT2D eigenvalue weighted by molar-refractivity contribution is 8.01. The van der Waals surface area contributed by atoms with Crippen LogP contribution >= 0.6 is 46.3 Å². The first-order valence-electron chi connectivity index (χ1n) is 6.21. The molecule has 1 aromatic heterocycles. The Hall–Kier alpha value is -1.26. The van der Waals surface area contributed by atoms with Crippen LogP contribution in [0.4, 0.5) is 5.13 Å². The van der Waals surface area contributed by atoms with Crippen molar-refractivity contribution in [1.29, 1.82) is 5.26 Å². The van der Waals surface area contributed by atoms with E-state index in [0.29, 0.717) is 26.5 Å². The zero-order chi connectivity index (χ0) is 16.1. The number of aromatic nitrogens is 1. The second-order valence-corrected chi connectivity index (χ2v) is 7.32. The fraction of sp³-hybridized carbons (Fsp3) is 0.214. The third kappa shape index (κ3) is 4.37. The zero-order valence-electron chi connectivity index (χ0n) is 11.5. The average Bonchev–Trinajstić information content (AvgIpc) is 2.80. The first kappa shape index (κ1) is 17.1. The van der Waals surface area contributed by atoms with E-state index in [2.05, 4.69) is 16.4 Å². The molecule has 0 atom stereocenters. The molecule has 0 saturated carbocycles. The molecule has 22 heavy (non-hydrogen) atoms. The van der Waals surface area contributed by atoms with Crippen molar-refractivity contribution in [2.75, 3.05) is 11.1 Å². The van der Waals surface area contributed by atoms with E-state index in [1.807, 2.05) is 6.92 Å². The predicted octanol–water partition coefficient (Wildman–Crippen LogP) is 4.56. The number of amides is 1. The Morgan fingerprint density at radius 2 is 2.14 bits per heavy atom. The van der Waals surface area contributed by atoms with Gasteiger partial charge in [-0.15, -0.1) is 0 Å². The van der Waals surface area contributed by atoms with Gasteiger partial charge in [0.2, 0.25) is 5.91 Å². The van der Waals surface area contributed by atoms with Crippen LogP contribution in [0.1, 0.15) is 11.3 Å². The van der Waals surface area contributed by atoms with Crippen LogP contribution in [0.3, 0.4) is 0 Å². The van der Waals surface area contributed by atoms with Crippen LogP contribution in [-0.2, 0) is 11.2 Å². The van der Waals surface area contributed by atoms with Gasteiger partial charge in [0, 0.05) is 10.0 Å². The standard InChI is InChI=1S/C14H11Cl2N3OS2/c1-8-13(21-6-5-17)22-14(18-8)19-12(20)7-9-10(15)3-2-4-11(9)16/h2-4H,6-7H2,1H3,(H,18,19,20). The molecule has 0 unspecified atom stereocenters. The molecule has 0 aliphatic rings. The molecule has 1 amide bonds. The van der Waals surface area contributed by atoms with Gasteiger partial charge in [0.15, 0.2) is 5.13 Å². The van der Waals surface area contributed by atoms with Gasteiger partial charge < -0.3 is 5.32 Å². The summed E-state index contributed by atoms with van der Waals surface area (Å²) in [5, 5.41) is 12.8. The lowest BCUT2D eigenvalue weighted by Gasteiger charge is -2.06. The molecule has 0 bridgehead atoms. The van der Waals surface area contributed by atoms with E-state index in [4.69, 9.17) is 28.5 Å². The summed E-state index contributed by atoms with van der Waals surface area (Å²) in [5.74, 6) is 0.117. The molecule has 0 saturated heterocycles. The maximum Gasteiger partial charge on any atom is 0.230 e. The topological polar surface area (TPSA) is 65.8 Å². The molecule has 0 aliphatic heterocycles. The van der Waals surface area contributed by atoms with Gasteiger partial charge in [-0.2, -0.15) is 5.26 Å². The first-order chi connectivity index (χ1) is 10.5. The molecule has 1 aromatic carbocycles. The number of anilines is 1. The molecule has 0 radical (unpaired) electrons. The highest BCUT2D eigenvalue weighted by Crippen LogP contribution is 2.32. The van der Waals surface area contributed by atoms with Gasteiger partial charge >= 0.3 is 0 Å². The number of nitrogens with one attached hydrogen (secondary N) is 1. The normalized spacial score (nSPS) is 10.3. The molecule has 0 aliphatic carbocycles. The maximum atomic E-state index is 12.1. The van der Waals surface area contributed by atoms with Gasteiger partial charge in [-0.3, -0.25) is 4.79 Å². The second-order valence-electron chi connectivity index (χ2n) is 4.26. The number of carbonyl (C=O) groups excluding carboxylic acids is 1. The third-order valence-corrected chi connectivity index (χ3v) is 5.68. The molecule has 114 valence electrons. The molecular weight excluding hydrogens is 361 g/mol. The van der Waals surface area contributed by atoms with Gasteiger partial charge in [-0.25, -0.2) is 4.98 Å². The molecule has 0 fully saturated rings. The second kappa shape index (κ2) is 7.84. The van der Waals surface area contributed by atoms with Crippen molar-refractivity contribution in [3.8, 4) is 6.07 Å². The van der Waals surface area contributed by atoms with Crippen LogP contribution in [0, 0.1) is 18.3 Å². The number of nitrogens with zero attached hydrogens (tertiary/aromatic N) is 2. The van der Waals surface area contributed by atoms with Gasteiger partial charge in [-0.1, -0.05) is 52.4 Å². The highest BCUT2D eigenvalue weighted by atomic mass is 35.5. The number of thioether (sulfide) groups is 1. The quantitative estimate of drug-likeness (QED) is 0.782. The molecule has 4 nitrogen and oxygen atoms in total. The summed E-state index contributed by atoms with van der Waals surface area (Å²) in [6, 6.07) is 7.18. The third-order valence-electron chi connectivity index (χ3n) is 2.67. The fourth-order valence-corrected chi connectivity index (χ4v) is 4.04. The largest absolute Gasteiger partial charge is 0.302 e. The Balaban J connectivity index is 2.05. The summed E-state index contributed by atoms with van der Waals surface area (Å²) in [6.07, 6.45) is 0.0812. The number of thiazole rings is 1. The Morgan fingerprint density at radius 1 is 1.45 bits per heavy atom. The fourth-order valence-electron chi connectivity index (χ4n) is 1.69. The number of carbonyl (C=O) groups is 1. The van der Waals surface area contributed by atoms with Crippen molar-refractivity contribution in [3.63, 3.8) is 0 Å². The lowest BCUT2D eigenvalue weighted by Crippen LogP contribution is -2.14. The van der Waals surface area contributed by atoms with Gasteiger partial charge in [0.1, 0.15) is 0 Å². The summed E-state index contributed by atoms with van der Waals surface area (Å²) < 4.78 is 0.924. The number of benzene rings is 1. The van der Waals surface area contributed by atoms with Crippen molar-refractivity contribution in [2.45, 2.75) is 17.6 Å². The summed E-state index contributed by atoms with van der Waals surface area (Å²) in [4.78, 5) is 16.4.